The number of carbonyl (C=O) groups excluding carboxylic acids is 1. The highest BCUT2D eigenvalue weighted by atomic mass is 16.2. The zero-order chi connectivity index (χ0) is 13.4. The number of amides is 1. The van der Waals surface area contributed by atoms with E-state index in [-0.39, 0.29) is 5.91 Å². The number of likely N-dealkylation sites (N-methyl/N-ethyl adjacent to an activating group) is 2. The minimum absolute atomic E-state index is 0.0790. The number of rotatable bonds is 7. The summed E-state index contributed by atoms with van der Waals surface area (Å²) in [6.07, 6.45) is 0. The van der Waals surface area contributed by atoms with Crippen LogP contribution in [0.4, 0.5) is 0 Å². The summed E-state index contributed by atoms with van der Waals surface area (Å²) in [5, 5.41) is 2.91. The Balaban J connectivity index is 2.23. The van der Waals surface area contributed by atoms with Crippen LogP contribution >= 0.6 is 0 Å². The maximum absolute atomic E-state index is 11.7. The summed E-state index contributed by atoms with van der Waals surface area (Å²) in [4.78, 5) is 15.7. The Kier molecular flexibility index (Phi) is 6.39. The molecule has 0 spiro atoms. The van der Waals surface area contributed by atoms with Gasteiger partial charge in [0.25, 0.3) is 0 Å². The molecule has 1 aromatic carbocycles. The average Bonchev–Trinajstić information content (AvgIpc) is 2.29. The van der Waals surface area contributed by atoms with Crippen molar-refractivity contribution in [2.75, 3.05) is 40.8 Å². The first-order valence-electron chi connectivity index (χ1n) is 6.22. The third-order valence-electron chi connectivity index (χ3n) is 2.59. The molecule has 0 saturated heterocycles. The van der Waals surface area contributed by atoms with Gasteiger partial charge in [-0.2, -0.15) is 0 Å². The van der Waals surface area contributed by atoms with Gasteiger partial charge >= 0.3 is 0 Å². The Bertz CT molecular complexity index is 351. The minimum Gasteiger partial charge on any atom is -0.354 e. The molecular formula is C14H23N3O. The minimum atomic E-state index is 0.0790. The van der Waals surface area contributed by atoms with Crippen molar-refractivity contribution in [3.05, 3.63) is 35.9 Å². The van der Waals surface area contributed by atoms with Crippen LogP contribution in [0.2, 0.25) is 0 Å². The first-order chi connectivity index (χ1) is 8.58. The zero-order valence-electron chi connectivity index (χ0n) is 11.5. The SMILES string of the molecule is CN(C)CCNC(=O)CN(C)Cc1ccccc1. The molecule has 100 valence electrons. The van der Waals surface area contributed by atoms with Crippen molar-refractivity contribution in [1.29, 1.82) is 0 Å². The predicted octanol–water partition coefficient (Wildman–Crippen LogP) is 0.796. The van der Waals surface area contributed by atoms with Gasteiger partial charge in [-0.1, -0.05) is 30.3 Å². The van der Waals surface area contributed by atoms with Gasteiger partial charge in [0, 0.05) is 19.6 Å². The van der Waals surface area contributed by atoms with Crippen LogP contribution in [0, 0.1) is 0 Å². The molecule has 18 heavy (non-hydrogen) atoms. The molecule has 4 heteroatoms. The van der Waals surface area contributed by atoms with E-state index in [1.165, 1.54) is 5.56 Å². The molecule has 0 aliphatic rings. The van der Waals surface area contributed by atoms with Crippen LogP contribution in [0.3, 0.4) is 0 Å². The number of nitrogens with zero attached hydrogens (tertiary/aromatic N) is 2. The second kappa shape index (κ2) is 7.84. The molecule has 1 rings (SSSR count). The maximum Gasteiger partial charge on any atom is 0.234 e. The molecular weight excluding hydrogens is 226 g/mol. The number of nitrogens with one attached hydrogen (secondary N) is 1. The Morgan fingerprint density at radius 2 is 1.83 bits per heavy atom. The predicted molar refractivity (Wildman–Crippen MR) is 74.3 cm³/mol. The fourth-order valence-electron chi connectivity index (χ4n) is 1.67. The normalized spacial score (nSPS) is 10.9. The monoisotopic (exact) mass is 249 g/mol. The lowest BCUT2D eigenvalue weighted by Crippen LogP contribution is -2.38. The lowest BCUT2D eigenvalue weighted by atomic mass is 10.2. The van der Waals surface area contributed by atoms with Crippen molar-refractivity contribution >= 4 is 5.91 Å². The van der Waals surface area contributed by atoms with E-state index in [9.17, 15) is 4.79 Å². The summed E-state index contributed by atoms with van der Waals surface area (Å²) in [5.41, 5.74) is 1.22. The van der Waals surface area contributed by atoms with Gasteiger partial charge in [0.15, 0.2) is 0 Å². The molecule has 0 fully saturated rings. The number of benzene rings is 1. The highest BCUT2D eigenvalue weighted by molar-refractivity contribution is 5.77. The summed E-state index contributed by atoms with van der Waals surface area (Å²) in [6.45, 7) is 2.80. The Hall–Kier alpha value is -1.39. The molecule has 1 aromatic rings. The molecule has 0 aliphatic carbocycles. The van der Waals surface area contributed by atoms with Gasteiger partial charge in [0.1, 0.15) is 0 Å². The topological polar surface area (TPSA) is 35.6 Å². The van der Waals surface area contributed by atoms with E-state index in [2.05, 4.69) is 17.4 Å². The summed E-state index contributed by atoms with van der Waals surface area (Å²) in [5.74, 6) is 0.0790. The van der Waals surface area contributed by atoms with Crippen molar-refractivity contribution in [2.45, 2.75) is 6.54 Å². The van der Waals surface area contributed by atoms with Crippen molar-refractivity contribution in [3.63, 3.8) is 0 Å². The molecule has 0 radical (unpaired) electrons. The fourth-order valence-corrected chi connectivity index (χ4v) is 1.67. The van der Waals surface area contributed by atoms with Crippen LogP contribution in [-0.2, 0) is 11.3 Å². The molecule has 0 saturated carbocycles. The summed E-state index contributed by atoms with van der Waals surface area (Å²) >= 11 is 0. The van der Waals surface area contributed by atoms with Gasteiger partial charge in [-0.3, -0.25) is 9.69 Å². The molecule has 0 atom stereocenters. The molecule has 1 amide bonds. The molecule has 0 aliphatic heterocycles. The second-order valence-electron chi connectivity index (χ2n) is 4.81. The molecule has 0 heterocycles. The van der Waals surface area contributed by atoms with E-state index in [4.69, 9.17) is 0 Å². The van der Waals surface area contributed by atoms with E-state index < -0.39 is 0 Å². The number of hydrogen-bond donors (Lipinski definition) is 1. The summed E-state index contributed by atoms with van der Waals surface area (Å²) < 4.78 is 0. The van der Waals surface area contributed by atoms with Crippen LogP contribution in [0.5, 0.6) is 0 Å². The van der Waals surface area contributed by atoms with E-state index in [0.29, 0.717) is 13.1 Å². The number of hydrogen-bond acceptors (Lipinski definition) is 3. The highest BCUT2D eigenvalue weighted by Gasteiger charge is 2.06. The second-order valence-corrected chi connectivity index (χ2v) is 4.81. The molecule has 0 bridgehead atoms. The maximum atomic E-state index is 11.7. The van der Waals surface area contributed by atoms with Crippen LogP contribution in [0.1, 0.15) is 5.56 Å². The summed E-state index contributed by atoms with van der Waals surface area (Å²) in [6, 6.07) is 10.2. The van der Waals surface area contributed by atoms with Gasteiger partial charge in [0.05, 0.1) is 6.54 Å². The zero-order valence-corrected chi connectivity index (χ0v) is 11.5. The van der Waals surface area contributed by atoms with Crippen molar-refractivity contribution in [1.82, 2.24) is 15.1 Å². The first kappa shape index (κ1) is 14.7. The van der Waals surface area contributed by atoms with Crippen LogP contribution < -0.4 is 5.32 Å². The third-order valence-corrected chi connectivity index (χ3v) is 2.59. The lowest BCUT2D eigenvalue weighted by molar-refractivity contribution is -0.122. The molecule has 0 unspecified atom stereocenters. The van der Waals surface area contributed by atoms with Crippen LogP contribution in [0.25, 0.3) is 0 Å². The molecule has 1 N–H and O–H groups in total. The molecule has 4 nitrogen and oxygen atoms in total. The van der Waals surface area contributed by atoms with Crippen LogP contribution in [0.15, 0.2) is 30.3 Å². The Morgan fingerprint density at radius 3 is 2.44 bits per heavy atom. The first-order valence-corrected chi connectivity index (χ1v) is 6.22. The largest absolute Gasteiger partial charge is 0.354 e. The van der Waals surface area contributed by atoms with E-state index in [1.54, 1.807) is 0 Å². The van der Waals surface area contributed by atoms with Gasteiger partial charge in [-0.25, -0.2) is 0 Å². The Labute approximate surface area is 110 Å². The fraction of sp³-hybridized carbons (Fsp3) is 0.500. The molecule has 0 aromatic heterocycles. The van der Waals surface area contributed by atoms with Gasteiger partial charge in [0.2, 0.25) is 5.91 Å². The van der Waals surface area contributed by atoms with Gasteiger partial charge < -0.3 is 10.2 Å². The quantitative estimate of drug-likeness (QED) is 0.776. The van der Waals surface area contributed by atoms with Crippen molar-refractivity contribution < 1.29 is 4.79 Å². The lowest BCUT2D eigenvalue weighted by Gasteiger charge is -2.17. The van der Waals surface area contributed by atoms with E-state index in [1.807, 2.05) is 49.1 Å². The standard InChI is InChI=1S/C14H23N3O/c1-16(2)10-9-15-14(18)12-17(3)11-13-7-5-4-6-8-13/h4-8H,9-12H2,1-3H3,(H,15,18). The highest BCUT2D eigenvalue weighted by Crippen LogP contribution is 2.01. The third kappa shape index (κ3) is 6.37. The van der Waals surface area contributed by atoms with E-state index >= 15 is 0 Å². The van der Waals surface area contributed by atoms with E-state index in [0.717, 1.165) is 13.1 Å². The summed E-state index contributed by atoms with van der Waals surface area (Å²) in [7, 11) is 5.94. The Morgan fingerprint density at radius 1 is 1.17 bits per heavy atom. The van der Waals surface area contributed by atoms with Gasteiger partial charge in [-0.05, 0) is 26.7 Å². The number of carbonyl (C=O) groups is 1. The van der Waals surface area contributed by atoms with Crippen molar-refractivity contribution in [2.24, 2.45) is 0 Å². The smallest absolute Gasteiger partial charge is 0.234 e. The van der Waals surface area contributed by atoms with Crippen molar-refractivity contribution in [3.8, 4) is 0 Å². The average molecular weight is 249 g/mol. The van der Waals surface area contributed by atoms with Crippen LogP contribution in [-0.4, -0.2) is 56.5 Å². The van der Waals surface area contributed by atoms with Gasteiger partial charge in [-0.15, -0.1) is 0 Å².